The van der Waals surface area contributed by atoms with Crippen molar-refractivity contribution in [1.82, 2.24) is 4.90 Å². The van der Waals surface area contributed by atoms with Gasteiger partial charge in [-0.15, -0.1) is 6.58 Å². The molecule has 20 heavy (non-hydrogen) atoms. The third kappa shape index (κ3) is 2.32. The lowest BCUT2D eigenvalue weighted by molar-refractivity contribution is 0.107. The van der Waals surface area contributed by atoms with Crippen molar-refractivity contribution >= 4 is 0 Å². The van der Waals surface area contributed by atoms with Crippen LogP contribution in [0.15, 0.2) is 36.4 Å². The van der Waals surface area contributed by atoms with Crippen LogP contribution in [0.25, 0.3) is 0 Å². The zero-order chi connectivity index (χ0) is 14.2. The number of rotatable bonds is 3. The van der Waals surface area contributed by atoms with Gasteiger partial charge in [-0.25, -0.2) is 0 Å². The lowest BCUT2D eigenvalue weighted by atomic mass is 9.82. The summed E-state index contributed by atoms with van der Waals surface area (Å²) in [5.74, 6) is 0. The predicted octanol–water partition coefficient (Wildman–Crippen LogP) is 3.22. The van der Waals surface area contributed by atoms with Gasteiger partial charge in [-0.1, -0.05) is 36.3 Å². The van der Waals surface area contributed by atoms with Crippen molar-refractivity contribution in [3.63, 3.8) is 0 Å². The van der Waals surface area contributed by atoms with Crippen LogP contribution in [0, 0.1) is 0 Å². The quantitative estimate of drug-likeness (QED) is 0.855. The average Bonchev–Trinajstić information content (AvgIpc) is 2.73. The van der Waals surface area contributed by atoms with Gasteiger partial charge >= 0.3 is 0 Å². The lowest BCUT2D eigenvalue weighted by Gasteiger charge is -2.42. The Labute approximate surface area is 122 Å². The maximum absolute atomic E-state index is 6.94. The summed E-state index contributed by atoms with van der Waals surface area (Å²) >= 11 is 0. The highest BCUT2D eigenvalue weighted by atomic mass is 15.2. The van der Waals surface area contributed by atoms with E-state index in [9.17, 15) is 0 Å². The molecule has 1 heterocycles. The van der Waals surface area contributed by atoms with E-state index >= 15 is 0 Å². The Kier molecular flexibility index (Phi) is 3.70. The van der Waals surface area contributed by atoms with Gasteiger partial charge in [0.25, 0.3) is 0 Å². The van der Waals surface area contributed by atoms with Crippen LogP contribution in [-0.2, 0) is 12.0 Å². The topological polar surface area (TPSA) is 29.3 Å². The largest absolute Gasteiger partial charge is 0.320 e. The summed E-state index contributed by atoms with van der Waals surface area (Å²) in [4.78, 5) is 2.63. The van der Waals surface area contributed by atoms with E-state index in [-0.39, 0.29) is 5.54 Å². The van der Waals surface area contributed by atoms with Gasteiger partial charge in [0, 0.05) is 6.04 Å². The summed E-state index contributed by atoms with van der Waals surface area (Å²) in [6.45, 7) is 8.62. The SMILES string of the molecule is C=C(C)CC1(N)c2ccccc2CC1N1CCCCC1. The summed E-state index contributed by atoms with van der Waals surface area (Å²) in [5, 5.41) is 0. The minimum Gasteiger partial charge on any atom is -0.320 e. The summed E-state index contributed by atoms with van der Waals surface area (Å²) in [6.07, 6.45) is 5.99. The lowest BCUT2D eigenvalue weighted by Crippen LogP contribution is -2.55. The highest BCUT2D eigenvalue weighted by molar-refractivity contribution is 5.42. The number of likely N-dealkylation sites (tertiary alicyclic amines) is 1. The molecule has 1 saturated heterocycles. The molecule has 2 atom stereocenters. The molecule has 2 unspecified atom stereocenters. The van der Waals surface area contributed by atoms with E-state index in [1.807, 2.05) is 0 Å². The molecule has 0 amide bonds. The standard InChI is InChI=1S/C18H26N2/c1-14(2)13-18(19)16-9-5-4-8-15(16)12-17(18)20-10-6-3-7-11-20/h4-5,8-9,17H,1,3,6-7,10-13,19H2,2H3. The molecule has 1 aliphatic carbocycles. The molecule has 3 rings (SSSR count). The van der Waals surface area contributed by atoms with Crippen LogP contribution >= 0.6 is 0 Å². The monoisotopic (exact) mass is 270 g/mol. The van der Waals surface area contributed by atoms with Crippen LogP contribution in [-0.4, -0.2) is 24.0 Å². The van der Waals surface area contributed by atoms with Crippen LogP contribution in [0.4, 0.5) is 0 Å². The molecule has 1 aromatic carbocycles. The van der Waals surface area contributed by atoms with Crippen molar-refractivity contribution in [2.75, 3.05) is 13.1 Å². The second-order valence-corrected chi connectivity index (χ2v) is 6.65. The molecule has 2 heteroatoms. The molecular formula is C18H26N2. The molecule has 108 valence electrons. The van der Waals surface area contributed by atoms with Gasteiger partial charge < -0.3 is 5.73 Å². The summed E-state index contributed by atoms with van der Waals surface area (Å²) in [6, 6.07) is 9.18. The fourth-order valence-electron chi connectivity index (χ4n) is 4.12. The van der Waals surface area contributed by atoms with Gasteiger partial charge in [-0.3, -0.25) is 4.90 Å². The van der Waals surface area contributed by atoms with E-state index < -0.39 is 0 Å². The van der Waals surface area contributed by atoms with Crippen molar-refractivity contribution in [1.29, 1.82) is 0 Å². The van der Waals surface area contributed by atoms with Crippen LogP contribution < -0.4 is 5.73 Å². The number of benzene rings is 1. The van der Waals surface area contributed by atoms with E-state index in [2.05, 4.69) is 42.7 Å². The predicted molar refractivity (Wildman–Crippen MR) is 84.7 cm³/mol. The zero-order valence-corrected chi connectivity index (χ0v) is 12.6. The Morgan fingerprint density at radius 3 is 2.70 bits per heavy atom. The third-order valence-electron chi connectivity index (χ3n) is 4.95. The van der Waals surface area contributed by atoms with Crippen LogP contribution in [0.1, 0.15) is 43.7 Å². The minimum atomic E-state index is -0.250. The second kappa shape index (κ2) is 5.34. The van der Waals surface area contributed by atoms with Crippen molar-refractivity contribution in [2.24, 2.45) is 5.73 Å². The molecule has 0 saturated carbocycles. The molecule has 1 aromatic rings. The number of piperidine rings is 1. The fraction of sp³-hybridized carbons (Fsp3) is 0.556. The van der Waals surface area contributed by atoms with Crippen molar-refractivity contribution in [2.45, 2.75) is 50.6 Å². The van der Waals surface area contributed by atoms with Crippen molar-refractivity contribution < 1.29 is 0 Å². The van der Waals surface area contributed by atoms with E-state index in [1.165, 1.54) is 49.1 Å². The van der Waals surface area contributed by atoms with Crippen LogP contribution in [0.2, 0.25) is 0 Å². The fourth-order valence-corrected chi connectivity index (χ4v) is 4.12. The molecular weight excluding hydrogens is 244 g/mol. The molecule has 0 bridgehead atoms. The van der Waals surface area contributed by atoms with Gasteiger partial charge in [0.1, 0.15) is 0 Å². The molecule has 2 nitrogen and oxygen atoms in total. The molecule has 2 aliphatic rings. The second-order valence-electron chi connectivity index (χ2n) is 6.65. The normalized spacial score (nSPS) is 30.2. The summed E-state index contributed by atoms with van der Waals surface area (Å²) in [7, 11) is 0. The van der Waals surface area contributed by atoms with Crippen molar-refractivity contribution in [3.8, 4) is 0 Å². The molecule has 0 aromatic heterocycles. The smallest absolute Gasteiger partial charge is 0.0610 e. The van der Waals surface area contributed by atoms with Crippen LogP contribution in [0.3, 0.4) is 0 Å². The zero-order valence-electron chi connectivity index (χ0n) is 12.6. The van der Waals surface area contributed by atoms with Gasteiger partial charge in [0.15, 0.2) is 0 Å². The maximum Gasteiger partial charge on any atom is 0.0610 e. The summed E-state index contributed by atoms with van der Waals surface area (Å²) in [5.41, 5.74) is 10.7. The van der Waals surface area contributed by atoms with Gasteiger partial charge in [0.05, 0.1) is 5.54 Å². The van der Waals surface area contributed by atoms with E-state index in [1.54, 1.807) is 0 Å². The number of hydrogen-bond acceptors (Lipinski definition) is 2. The number of hydrogen-bond donors (Lipinski definition) is 1. The number of nitrogens with zero attached hydrogens (tertiary/aromatic N) is 1. The Bertz CT molecular complexity index is 502. The molecule has 1 fully saturated rings. The molecule has 0 radical (unpaired) electrons. The first-order chi connectivity index (χ1) is 9.61. The van der Waals surface area contributed by atoms with Gasteiger partial charge in [0.2, 0.25) is 0 Å². The number of nitrogens with two attached hydrogens (primary N) is 1. The first-order valence-corrected chi connectivity index (χ1v) is 7.87. The highest BCUT2D eigenvalue weighted by Crippen LogP contribution is 2.42. The summed E-state index contributed by atoms with van der Waals surface area (Å²) < 4.78 is 0. The van der Waals surface area contributed by atoms with E-state index in [0.717, 1.165) is 12.8 Å². The molecule has 2 N–H and O–H groups in total. The van der Waals surface area contributed by atoms with E-state index in [0.29, 0.717) is 6.04 Å². The van der Waals surface area contributed by atoms with E-state index in [4.69, 9.17) is 5.73 Å². The third-order valence-corrected chi connectivity index (χ3v) is 4.95. The Balaban J connectivity index is 1.95. The average molecular weight is 270 g/mol. The van der Waals surface area contributed by atoms with Crippen molar-refractivity contribution in [3.05, 3.63) is 47.5 Å². The van der Waals surface area contributed by atoms with Crippen LogP contribution in [0.5, 0.6) is 0 Å². The first kappa shape index (κ1) is 13.8. The Morgan fingerprint density at radius 2 is 2.00 bits per heavy atom. The molecule has 1 aliphatic heterocycles. The van der Waals surface area contributed by atoms with Gasteiger partial charge in [-0.05, 0) is 56.8 Å². The van der Waals surface area contributed by atoms with Gasteiger partial charge in [-0.2, -0.15) is 0 Å². The molecule has 0 spiro atoms. The maximum atomic E-state index is 6.94. The highest BCUT2D eigenvalue weighted by Gasteiger charge is 2.46. The minimum absolute atomic E-state index is 0.250. The Hall–Kier alpha value is -1.12. The Morgan fingerprint density at radius 1 is 1.30 bits per heavy atom. The number of fused-ring (bicyclic) bond motifs is 1. The first-order valence-electron chi connectivity index (χ1n) is 7.87.